The van der Waals surface area contributed by atoms with Gasteiger partial charge in [-0.2, -0.15) is 0 Å². The lowest BCUT2D eigenvalue weighted by Gasteiger charge is -2.04. The summed E-state index contributed by atoms with van der Waals surface area (Å²) in [5.74, 6) is 0. The second-order valence-electron chi connectivity index (χ2n) is 3.68. The molecule has 1 aromatic rings. The monoisotopic (exact) mass is 189 g/mol. The Hall–Kier alpha value is -1.11. The number of aliphatic imine (C=N–C) groups is 1. The lowest BCUT2D eigenvalue weighted by molar-refractivity contribution is 1.15. The molecule has 76 valence electrons. The van der Waals surface area contributed by atoms with Crippen molar-refractivity contribution in [3.63, 3.8) is 0 Å². The topological polar surface area (TPSA) is 12.4 Å². The molecule has 0 unspecified atom stereocenters. The Morgan fingerprint density at radius 1 is 1.14 bits per heavy atom. The van der Waals surface area contributed by atoms with Crippen molar-refractivity contribution in [2.75, 3.05) is 0 Å². The van der Waals surface area contributed by atoms with E-state index in [0.29, 0.717) is 0 Å². The van der Waals surface area contributed by atoms with Gasteiger partial charge in [0.15, 0.2) is 0 Å². The Kier molecular flexibility index (Phi) is 3.87. The first-order valence-electron chi connectivity index (χ1n) is 5.31. The molecule has 1 rings (SSSR count). The van der Waals surface area contributed by atoms with E-state index >= 15 is 0 Å². The van der Waals surface area contributed by atoms with Crippen molar-refractivity contribution < 1.29 is 0 Å². The summed E-state index contributed by atoms with van der Waals surface area (Å²) >= 11 is 0. The lowest BCUT2D eigenvalue weighted by atomic mass is 10.1. The minimum absolute atomic E-state index is 1.05. The number of hydrogen-bond donors (Lipinski definition) is 0. The van der Waals surface area contributed by atoms with Crippen LogP contribution in [-0.2, 0) is 0 Å². The van der Waals surface area contributed by atoms with E-state index in [2.05, 4.69) is 50.9 Å². The summed E-state index contributed by atoms with van der Waals surface area (Å²) in [7, 11) is 0. The highest BCUT2D eigenvalue weighted by atomic mass is 14.7. The van der Waals surface area contributed by atoms with Gasteiger partial charge in [-0.05, 0) is 38.3 Å². The fraction of sp³-hybridized carbons (Fsp3) is 0.462. The molecular weight excluding hydrogens is 170 g/mol. The van der Waals surface area contributed by atoms with Crippen LogP contribution in [0.1, 0.15) is 37.8 Å². The van der Waals surface area contributed by atoms with Gasteiger partial charge in [0.05, 0.1) is 5.69 Å². The summed E-state index contributed by atoms with van der Waals surface area (Å²) in [6.07, 6.45) is 2.09. The zero-order valence-electron chi connectivity index (χ0n) is 9.59. The minimum atomic E-state index is 1.05. The SMILES string of the molecule is CCC(CC)=Nc1ccc(C)cc1C. The number of hydrogen-bond acceptors (Lipinski definition) is 1. The molecule has 0 aliphatic heterocycles. The lowest BCUT2D eigenvalue weighted by Crippen LogP contribution is -1.92. The van der Waals surface area contributed by atoms with E-state index in [-0.39, 0.29) is 0 Å². The molecule has 0 amide bonds. The first kappa shape index (κ1) is 11.0. The molecule has 0 radical (unpaired) electrons. The predicted octanol–water partition coefficient (Wildman–Crippen LogP) is 4.20. The summed E-state index contributed by atoms with van der Waals surface area (Å²) in [6.45, 7) is 8.55. The molecule has 0 heterocycles. The summed E-state index contributed by atoms with van der Waals surface area (Å²) in [5, 5.41) is 0. The Morgan fingerprint density at radius 3 is 2.29 bits per heavy atom. The van der Waals surface area contributed by atoms with E-state index in [1.165, 1.54) is 16.8 Å². The average Bonchev–Trinajstić information content (AvgIpc) is 2.17. The van der Waals surface area contributed by atoms with Crippen LogP contribution in [-0.4, -0.2) is 5.71 Å². The smallest absolute Gasteiger partial charge is 0.0658 e. The molecule has 0 saturated carbocycles. The van der Waals surface area contributed by atoms with Crippen molar-refractivity contribution in [1.29, 1.82) is 0 Å². The number of aryl methyl sites for hydroxylation is 2. The molecule has 1 aromatic carbocycles. The third kappa shape index (κ3) is 2.69. The van der Waals surface area contributed by atoms with Crippen molar-refractivity contribution in [3.8, 4) is 0 Å². The Balaban J connectivity index is 3.02. The fourth-order valence-electron chi connectivity index (χ4n) is 1.51. The fourth-order valence-corrected chi connectivity index (χ4v) is 1.51. The van der Waals surface area contributed by atoms with E-state index < -0.39 is 0 Å². The highest BCUT2D eigenvalue weighted by molar-refractivity contribution is 5.86. The van der Waals surface area contributed by atoms with Crippen molar-refractivity contribution in [2.24, 2.45) is 4.99 Å². The van der Waals surface area contributed by atoms with Crippen molar-refractivity contribution in [1.82, 2.24) is 0 Å². The molecule has 14 heavy (non-hydrogen) atoms. The van der Waals surface area contributed by atoms with E-state index in [1.54, 1.807) is 0 Å². The molecule has 0 saturated heterocycles. The third-order valence-corrected chi connectivity index (χ3v) is 2.45. The highest BCUT2D eigenvalue weighted by Gasteiger charge is 1.98. The van der Waals surface area contributed by atoms with Gasteiger partial charge < -0.3 is 0 Å². The van der Waals surface area contributed by atoms with Gasteiger partial charge in [0.1, 0.15) is 0 Å². The summed E-state index contributed by atoms with van der Waals surface area (Å²) in [6, 6.07) is 6.41. The van der Waals surface area contributed by atoms with Gasteiger partial charge in [-0.15, -0.1) is 0 Å². The molecule has 0 bridgehead atoms. The average molecular weight is 189 g/mol. The highest BCUT2D eigenvalue weighted by Crippen LogP contribution is 2.20. The van der Waals surface area contributed by atoms with Gasteiger partial charge >= 0.3 is 0 Å². The van der Waals surface area contributed by atoms with E-state index in [0.717, 1.165) is 18.5 Å². The van der Waals surface area contributed by atoms with Gasteiger partial charge in [-0.3, -0.25) is 4.99 Å². The Labute approximate surface area is 86.9 Å². The summed E-state index contributed by atoms with van der Waals surface area (Å²) in [4.78, 5) is 4.65. The summed E-state index contributed by atoms with van der Waals surface area (Å²) < 4.78 is 0. The zero-order chi connectivity index (χ0) is 10.6. The Bertz CT molecular complexity index is 331. The molecule has 0 aromatic heterocycles. The van der Waals surface area contributed by atoms with Crippen LogP contribution in [0, 0.1) is 13.8 Å². The van der Waals surface area contributed by atoms with Gasteiger partial charge in [-0.25, -0.2) is 0 Å². The largest absolute Gasteiger partial charge is 0.258 e. The van der Waals surface area contributed by atoms with Crippen LogP contribution < -0.4 is 0 Å². The molecular formula is C13H19N. The van der Waals surface area contributed by atoms with E-state index in [4.69, 9.17) is 0 Å². The normalized spacial score (nSPS) is 10.0. The Morgan fingerprint density at radius 2 is 1.79 bits per heavy atom. The van der Waals surface area contributed by atoms with Crippen LogP contribution in [0.15, 0.2) is 23.2 Å². The predicted molar refractivity (Wildman–Crippen MR) is 63.6 cm³/mol. The maximum atomic E-state index is 4.65. The van der Waals surface area contributed by atoms with Gasteiger partial charge in [0, 0.05) is 5.71 Å². The first-order valence-corrected chi connectivity index (χ1v) is 5.31. The standard InChI is InChI=1S/C13H19N/c1-5-12(6-2)14-13-8-7-10(3)9-11(13)4/h7-9H,5-6H2,1-4H3. The van der Waals surface area contributed by atoms with Gasteiger partial charge in [0.2, 0.25) is 0 Å². The number of rotatable bonds is 3. The van der Waals surface area contributed by atoms with Crippen LogP contribution in [0.2, 0.25) is 0 Å². The first-order chi connectivity index (χ1) is 6.67. The van der Waals surface area contributed by atoms with Crippen LogP contribution >= 0.6 is 0 Å². The van der Waals surface area contributed by atoms with Crippen molar-refractivity contribution >= 4 is 11.4 Å². The molecule has 0 atom stereocenters. The van der Waals surface area contributed by atoms with Gasteiger partial charge in [-0.1, -0.05) is 31.5 Å². The van der Waals surface area contributed by atoms with Crippen molar-refractivity contribution in [3.05, 3.63) is 29.3 Å². The summed E-state index contributed by atoms with van der Waals surface area (Å²) in [5.41, 5.74) is 4.96. The second-order valence-corrected chi connectivity index (χ2v) is 3.68. The van der Waals surface area contributed by atoms with Crippen molar-refractivity contribution in [2.45, 2.75) is 40.5 Å². The molecule has 0 fully saturated rings. The molecule has 1 nitrogen and oxygen atoms in total. The van der Waals surface area contributed by atoms with Crippen LogP contribution in [0.3, 0.4) is 0 Å². The third-order valence-electron chi connectivity index (χ3n) is 2.45. The molecule has 0 aliphatic rings. The zero-order valence-corrected chi connectivity index (χ0v) is 9.59. The number of benzene rings is 1. The molecule has 1 heteroatoms. The quantitative estimate of drug-likeness (QED) is 0.632. The second kappa shape index (κ2) is 4.94. The maximum Gasteiger partial charge on any atom is 0.0658 e. The van der Waals surface area contributed by atoms with Gasteiger partial charge in [0.25, 0.3) is 0 Å². The van der Waals surface area contributed by atoms with E-state index in [9.17, 15) is 0 Å². The minimum Gasteiger partial charge on any atom is -0.258 e. The maximum absolute atomic E-state index is 4.65. The number of nitrogens with zero attached hydrogens (tertiary/aromatic N) is 1. The van der Waals surface area contributed by atoms with E-state index in [1.807, 2.05) is 0 Å². The molecule has 0 N–H and O–H groups in total. The molecule has 0 spiro atoms. The van der Waals surface area contributed by atoms with Crippen LogP contribution in [0.4, 0.5) is 5.69 Å². The van der Waals surface area contributed by atoms with Crippen LogP contribution in [0.5, 0.6) is 0 Å². The molecule has 0 aliphatic carbocycles. The van der Waals surface area contributed by atoms with Crippen LogP contribution in [0.25, 0.3) is 0 Å².